The molecular formula is C16H22N3OS+. The Morgan fingerprint density at radius 3 is 2.76 bits per heavy atom. The van der Waals surface area contributed by atoms with E-state index in [2.05, 4.69) is 4.98 Å². The maximum atomic E-state index is 12.5. The number of fused-ring (bicyclic) bond motifs is 3. The lowest BCUT2D eigenvalue weighted by Gasteiger charge is -2.22. The van der Waals surface area contributed by atoms with Crippen LogP contribution in [0.25, 0.3) is 10.2 Å². The molecule has 0 unspecified atom stereocenters. The third-order valence-corrected chi connectivity index (χ3v) is 6.04. The molecule has 112 valence electrons. The summed E-state index contributed by atoms with van der Waals surface area (Å²) in [7, 11) is 0. The number of nitrogens with zero attached hydrogens (tertiary/aromatic N) is 1. The fourth-order valence-corrected chi connectivity index (χ4v) is 5.04. The van der Waals surface area contributed by atoms with Crippen molar-refractivity contribution in [2.45, 2.75) is 51.5 Å². The molecule has 0 radical (unpaired) electrons. The fraction of sp³-hybridized carbons (Fsp3) is 0.625. The van der Waals surface area contributed by atoms with Crippen molar-refractivity contribution in [2.75, 3.05) is 13.1 Å². The van der Waals surface area contributed by atoms with Gasteiger partial charge in [-0.25, -0.2) is 4.98 Å². The molecule has 4 nitrogen and oxygen atoms in total. The van der Waals surface area contributed by atoms with Crippen LogP contribution in [0.3, 0.4) is 0 Å². The van der Waals surface area contributed by atoms with Crippen LogP contribution < -0.4 is 10.5 Å². The predicted octanol–water partition coefficient (Wildman–Crippen LogP) is 1.43. The zero-order chi connectivity index (χ0) is 14.2. The third-order valence-electron chi connectivity index (χ3n) is 4.85. The Bertz CT molecular complexity index is 712. The molecule has 0 spiro atoms. The molecule has 2 N–H and O–H groups in total. The molecule has 1 saturated heterocycles. The van der Waals surface area contributed by atoms with Gasteiger partial charge in [0.1, 0.15) is 11.4 Å². The molecule has 2 aromatic heterocycles. The lowest BCUT2D eigenvalue weighted by Crippen LogP contribution is -3.11. The summed E-state index contributed by atoms with van der Waals surface area (Å²) in [6.07, 6.45) is 8.59. The van der Waals surface area contributed by atoms with E-state index < -0.39 is 0 Å². The normalized spacial score (nSPS) is 19.8. The van der Waals surface area contributed by atoms with Gasteiger partial charge in [-0.15, -0.1) is 11.3 Å². The Labute approximate surface area is 128 Å². The molecule has 0 bridgehead atoms. The van der Waals surface area contributed by atoms with Gasteiger partial charge in [0.2, 0.25) is 0 Å². The van der Waals surface area contributed by atoms with Crippen molar-refractivity contribution in [3.05, 3.63) is 26.6 Å². The summed E-state index contributed by atoms with van der Waals surface area (Å²) in [5.74, 6) is 0.878. The summed E-state index contributed by atoms with van der Waals surface area (Å²) in [5, 5.41) is 0.882. The van der Waals surface area contributed by atoms with Gasteiger partial charge in [-0.3, -0.25) is 4.79 Å². The van der Waals surface area contributed by atoms with E-state index in [0.29, 0.717) is 0 Å². The Morgan fingerprint density at radius 1 is 1.10 bits per heavy atom. The van der Waals surface area contributed by atoms with E-state index in [4.69, 9.17) is 4.98 Å². The van der Waals surface area contributed by atoms with Crippen molar-refractivity contribution in [3.8, 4) is 0 Å². The maximum absolute atomic E-state index is 12.5. The van der Waals surface area contributed by atoms with Crippen LogP contribution in [0, 0.1) is 0 Å². The van der Waals surface area contributed by atoms with E-state index in [-0.39, 0.29) is 5.56 Å². The number of hydrogen-bond donors (Lipinski definition) is 2. The number of rotatable bonds is 2. The number of hydrogen-bond acceptors (Lipinski definition) is 3. The molecule has 3 heterocycles. The minimum Gasteiger partial charge on any atom is -0.329 e. The van der Waals surface area contributed by atoms with Crippen molar-refractivity contribution >= 4 is 21.6 Å². The van der Waals surface area contributed by atoms with Crippen LogP contribution in [0.5, 0.6) is 0 Å². The smallest absolute Gasteiger partial charge is 0.260 e. The number of likely N-dealkylation sites (tertiary alicyclic amines) is 1. The van der Waals surface area contributed by atoms with Crippen LogP contribution in [0.15, 0.2) is 4.79 Å². The monoisotopic (exact) mass is 304 g/mol. The van der Waals surface area contributed by atoms with Gasteiger partial charge < -0.3 is 9.88 Å². The minimum absolute atomic E-state index is 0.0887. The number of aromatic nitrogens is 2. The van der Waals surface area contributed by atoms with Gasteiger partial charge in [0, 0.05) is 4.88 Å². The second-order valence-corrected chi connectivity index (χ2v) is 7.47. The van der Waals surface area contributed by atoms with Gasteiger partial charge in [0.05, 0.1) is 18.5 Å². The first kappa shape index (κ1) is 13.5. The highest BCUT2D eigenvalue weighted by Crippen LogP contribution is 2.33. The lowest BCUT2D eigenvalue weighted by molar-refractivity contribution is -0.919. The van der Waals surface area contributed by atoms with Gasteiger partial charge in [-0.1, -0.05) is 0 Å². The van der Waals surface area contributed by atoms with E-state index >= 15 is 0 Å². The van der Waals surface area contributed by atoms with Crippen LogP contribution in [0.2, 0.25) is 0 Å². The zero-order valence-corrected chi connectivity index (χ0v) is 13.2. The Balaban J connectivity index is 1.70. The molecule has 0 saturated carbocycles. The van der Waals surface area contributed by atoms with Crippen LogP contribution in [0.4, 0.5) is 0 Å². The molecule has 1 fully saturated rings. The minimum atomic E-state index is 0.0887. The summed E-state index contributed by atoms with van der Waals surface area (Å²) in [6, 6.07) is 0. The number of quaternary nitrogens is 1. The van der Waals surface area contributed by atoms with E-state index in [1.165, 1.54) is 55.6 Å². The fourth-order valence-electron chi connectivity index (χ4n) is 3.76. The molecule has 1 aliphatic heterocycles. The van der Waals surface area contributed by atoms with Crippen molar-refractivity contribution in [2.24, 2.45) is 0 Å². The van der Waals surface area contributed by atoms with Crippen LogP contribution in [-0.4, -0.2) is 23.1 Å². The highest BCUT2D eigenvalue weighted by atomic mass is 32.1. The highest BCUT2D eigenvalue weighted by molar-refractivity contribution is 7.18. The molecule has 0 amide bonds. The number of aryl methyl sites for hydroxylation is 2. The third kappa shape index (κ3) is 2.53. The molecule has 4 rings (SSSR count). The highest BCUT2D eigenvalue weighted by Gasteiger charge is 2.21. The molecule has 5 heteroatoms. The number of aromatic amines is 1. The van der Waals surface area contributed by atoms with Gasteiger partial charge in [0.25, 0.3) is 5.56 Å². The van der Waals surface area contributed by atoms with Crippen molar-refractivity contribution in [3.63, 3.8) is 0 Å². The van der Waals surface area contributed by atoms with E-state index in [9.17, 15) is 4.79 Å². The van der Waals surface area contributed by atoms with Crippen LogP contribution in [-0.2, 0) is 19.4 Å². The topological polar surface area (TPSA) is 50.2 Å². The van der Waals surface area contributed by atoms with Gasteiger partial charge in [-0.05, 0) is 50.5 Å². The first-order valence-corrected chi connectivity index (χ1v) is 9.00. The summed E-state index contributed by atoms with van der Waals surface area (Å²) in [6.45, 7) is 3.29. The van der Waals surface area contributed by atoms with Crippen molar-refractivity contribution in [1.82, 2.24) is 9.97 Å². The standard InChI is InChI=1S/C16H21N3OS/c20-15-14-11-6-2-3-7-12(11)21-16(14)18-13(17-15)10-19-8-4-1-5-9-19/h1-10H2,(H,17,18,20)/p+1. The molecule has 1 aliphatic carbocycles. The average Bonchev–Trinajstić information content (AvgIpc) is 2.87. The molecule has 21 heavy (non-hydrogen) atoms. The summed E-state index contributed by atoms with van der Waals surface area (Å²) >= 11 is 1.75. The SMILES string of the molecule is O=c1[nH]c(C[NH+]2CCCCC2)nc2sc3c(c12)CCCC3. The lowest BCUT2D eigenvalue weighted by atomic mass is 9.97. The van der Waals surface area contributed by atoms with E-state index in [1.807, 2.05) is 0 Å². The quantitative estimate of drug-likeness (QED) is 0.882. The number of nitrogens with one attached hydrogen (secondary N) is 2. The Kier molecular flexibility index (Phi) is 3.55. The zero-order valence-electron chi connectivity index (χ0n) is 12.3. The van der Waals surface area contributed by atoms with Gasteiger partial charge in [0.15, 0.2) is 5.82 Å². The largest absolute Gasteiger partial charge is 0.329 e. The van der Waals surface area contributed by atoms with Crippen molar-refractivity contribution in [1.29, 1.82) is 0 Å². The molecule has 0 atom stereocenters. The summed E-state index contributed by atoms with van der Waals surface area (Å²) in [4.78, 5) is 24.2. The predicted molar refractivity (Wildman–Crippen MR) is 85.1 cm³/mol. The van der Waals surface area contributed by atoms with Crippen molar-refractivity contribution < 1.29 is 4.90 Å². The van der Waals surface area contributed by atoms with E-state index in [1.54, 1.807) is 16.2 Å². The Hall–Kier alpha value is -1.20. The van der Waals surface area contributed by atoms with Crippen LogP contribution in [0.1, 0.15) is 48.4 Å². The number of piperidine rings is 1. The molecule has 0 aromatic carbocycles. The molecular weight excluding hydrogens is 282 g/mol. The first-order valence-electron chi connectivity index (χ1n) is 8.18. The van der Waals surface area contributed by atoms with Crippen LogP contribution >= 0.6 is 11.3 Å². The number of H-pyrrole nitrogens is 1. The maximum Gasteiger partial charge on any atom is 0.260 e. The summed E-state index contributed by atoms with van der Waals surface area (Å²) in [5.41, 5.74) is 1.37. The summed E-state index contributed by atoms with van der Waals surface area (Å²) < 4.78 is 0. The first-order chi connectivity index (χ1) is 10.3. The van der Waals surface area contributed by atoms with Gasteiger partial charge in [-0.2, -0.15) is 0 Å². The second-order valence-electron chi connectivity index (χ2n) is 6.39. The molecule has 2 aromatic rings. The molecule has 2 aliphatic rings. The second kappa shape index (κ2) is 5.54. The van der Waals surface area contributed by atoms with E-state index in [0.717, 1.165) is 35.4 Å². The van der Waals surface area contributed by atoms with Gasteiger partial charge >= 0.3 is 0 Å². The number of thiophene rings is 1. The average molecular weight is 304 g/mol. The Morgan fingerprint density at radius 2 is 1.90 bits per heavy atom.